The number of fused-ring (bicyclic) bond motifs is 2. The lowest BCUT2D eigenvalue weighted by Gasteiger charge is -2.18. The van der Waals surface area contributed by atoms with E-state index >= 15 is 0 Å². The Morgan fingerprint density at radius 1 is 1.03 bits per heavy atom. The van der Waals surface area contributed by atoms with Crippen molar-refractivity contribution in [1.82, 2.24) is 9.88 Å². The fourth-order valence-corrected chi connectivity index (χ4v) is 4.86. The maximum atomic E-state index is 13.3. The van der Waals surface area contributed by atoms with Gasteiger partial charge in [-0.15, -0.1) is 11.3 Å². The van der Waals surface area contributed by atoms with Gasteiger partial charge in [0.15, 0.2) is 23.0 Å². The van der Waals surface area contributed by atoms with Gasteiger partial charge in [-0.1, -0.05) is 12.1 Å². The largest absolute Gasteiger partial charge is 0.486 e. The number of esters is 1. The van der Waals surface area contributed by atoms with E-state index in [4.69, 9.17) is 23.7 Å². The molecule has 1 aromatic heterocycles. The molecule has 2 aliphatic heterocycles. The van der Waals surface area contributed by atoms with Crippen LogP contribution in [0.3, 0.4) is 0 Å². The Bertz CT molecular complexity index is 1520. The second kappa shape index (κ2) is 10.8. The summed E-state index contributed by atoms with van der Waals surface area (Å²) < 4.78 is 28.8. The van der Waals surface area contributed by atoms with E-state index in [-0.39, 0.29) is 32.4 Å². The van der Waals surface area contributed by atoms with Gasteiger partial charge in [0.25, 0.3) is 5.56 Å². The molecule has 11 heteroatoms. The van der Waals surface area contributed by atoms with Gasteiger partial charge < -0.3 is 29.0 Å². The fourth-order valence-electron chi connectivity index (χ4n) is 3.83. The summed E-state index contributed by atoms with van der Waals surface area (Å²) in [6.45, 7) is 2.95. The van der Waals surface area contributed by atoms with Crippen LogP contribution in [0.4, 0.5) is 0 Å². The maximum Gasteiger partial charge on any atom is 0.333 e. The van der Waals surface area contributed by atoms with E-state index in [0.717, 1.165) is 22.5 Å². The summed E-state index contributed by atoms with van der Waals surface area (Å²) in [7, 11) is 0. The van der Waals surface area contributed by atoms with E-state index < -0.39 is 11.5 Å². The van der Waals surface area contributed by atoms with Gasteiger partial charge in [0.2, 0.25) is 12.7 Å². The highest BCUT2D eigenvalue weighted by molar-refractivity contribution is 7.07. The van der Waals surface area contributed by atoms with Crippen LogP contribution in [0.2, 0.25) is 0 Å². The highest BCUT2D eigenvalue weighted by atomic mass is 32.1. The molecule has 2 aromatic carbocycles. The topological polar surface area (TPSA) is 114 Å². The third-order valence-electron chi connectivity index (χ3n) is 5.56. The first-order valence-electron chi connectivity index (χ1n) is 11.6. The predicted octanol–water partition coefficient (Wildman–Crippen LogP) is 0.898. The monoisotopic (exact) mass is 524 g/mol. The molecule has 0 atom stereocenters. The van der Waals surface area contributed by atoms with Crippen molar-refractivity contribution in [2.45, 2.75) is 20.0 Å². The Morgan fingerprint density at radius 2 is 1.76 bits per heavy atom. The highest BCUT2D eigenvalue weighted by Gasteiger charge is 2.15. The van der Waals surface area contributed by atoms with E-state index in [2.05, 4.69) is 5.32 Å². The van der Waals surface area contributed by atoms with Crippen LogP contribution in [0, 0.1) is 0 Å². The Kier molecular flexibility index (Phi) is 7.13. The van der Waals surface area contributed by atoms with Crippen LogP contribution in [0.15, 0.2) is 41.2 Å². The zero-order valence-corrected chi connectivity index (χ0v) is 20.8. The number of nitrogens with one attached hydrogen (secondary N) is 1. The number of hydrogen-bond donors (Lipinski definition) is 1. The van der Waals surface area contributed by atoms with Gasteiger partial charge in [0.05, 0.1) is 17.2 Å². The van der Waals surface area contributed by atoms with Crippen LogP contribution in [0.5, 0.6) is 23.0 Å². The third-order valence-corrected chi connectivity index (χ3v) is 6.62. The van der Waals surface area contributed by atoms with Crippen LogP contribution in [0.25, 0.3) is 12.2 Å². The molecule has 0 saturated carbocycles. The van der Waals surface area contributed by atoms with Gasteiger partial charge in [-0.3, -0.25) is 14.2 Å². The molecule has 1 amide bonds. The van der Waals surface area contributed by atoms with Crippen LogP contribution in [0.1, 0.15) is 18.1 Å². The summed E-state index contributed by atoms with van der Waals surface area (Å²) in [6, 6.07) is 10.8. The summed E-state index contributed by atoms with van der Waals surface area (Å²) in [4.78, 5) is 38.2. The molecule has 0 unspecified atom stereocenters. The minimum Gasteiger partial charge on any atom is -0.486 e. The smallest absolute Gasteiger partial charge is 0.333 e. The van der Waals surface area contributed by atoms with Crippen molar-refractivity contribution < 1.29 is 33.3 Å². The molecule has 0 spiro atoms. The number of benzene rings is 2. The first kappa shape index (κ1) is 24.4. The molecule has 1 N–H and O–H groups in total. The number of aromatic nitrogens is 1. The second-order valence-corrected chi connectivity index (χ2v) is 9.17. The average molecular weight is 525 g/mol. The summed E-state index contributed by atoms with van der Waals surface area (Å²) in [5.41, 5.74) is 1.15. The zero-order chi connectivity index (χ0) is 25.8. The predicted molar refractivity (Wildman–Crippen MR) is 134 cm³/mol. The number of carbonyl (C=O) groups excluding carboxylic acids is 2. The third kappa shape index (κ3) is 5.61. The Labute approximate surface area is 215 Å². The van der Waals surface area contributed by atoms with Crippen LogP contribution >= 0.6 is 11.3 Å². The van der Waals surface area contributed by atoms with Crippen LogP contribution < -0.4 is 39.0 Å². The normalized spacial score (nSPS) is 14.5. The van der Waals surface area contributed by atoms with Gasteiger partial charge in [-0.05, 0) is 48.4 Å². The van der Waals surface area contributed by atoms with Gasteiger partial charge in [0, 0.05) is 6.54 Å². The van der Waals surface area contributed by atoms with Crippen molar-refractivity contribution in [3.8, 4) is 23.0 Å². The highest BCUT2D eigenvalue weighted by Crippen LogP contribution is 2.32. The number of carbonyl (C=O) groups is 2. The number of hydrogen-bond acceptors (Lipinski definition) is 9. The average Bonchev–Trinajstić information content (AvgIpc) is 3.47. The minimum absolute atomic E-state index is 0.164. The molecule has 0 fully saturated rings. The van der Waals surface area contributed by atoms with Gasteiger partial charge in [-0.2, -0.15) is 0 Å². The molecule has 10 nitrogen and oxygen atoms in total. The van der Waals surface area contributed by atoms with Crippen molar-refractivity contribution in [3.63, 3.8) is 0 Å². The minimum atomic E-state index is -0.593. The number of ether oxygens (including phenoxy) is 5. The Morgan fingerprint density at radius 3 is 2.59 bits per heavy atom. The zero-order valence-electron chi connectivity index (χ0n) is 20.0. The quantitative estimate of drug-likeness (QED) is 0.454. The molecule has 37 heavy (non-hydrogen) atoms. The summed E-state index contributed by atoms with van der Waals surface area (Å²) in [5.74, 6) is 1.53. The van der Waals surface area contributed by atoms with Crippen molar-refractivity contribution in [1.29, 1.82) is 0 Å². The van der Waals surface area contributed by atoms with Crippen LogP contribution in [-0.4, -0.2) is 43.1 Å². The van der Waals surface area contributed by atoms with E-state index in [0.29, 0.717) is 45.4 Å². The Hall–Kier alpha value is -4.25. The molecule has 192 valence electrons. The molecular formula is C26H24N2O8S. The SMILES string of the molecule is CCOC(=O)/C=c1\s/c(=C/c2ccc3c(c2)OCCO3)c(=O)n1CC(=O)NCc1ccc2c(c1)OCO2. The molecule has 0 aliphatic carbocycles. The number of nitrogens with zero attached hydrogens (tertiary/aromatic N) is 1. The van der Waals surface area contributed by atoms with Crippen molar-refractivity contribution in [3.05, 3.63) is 67.1 Å². The molecule has 5 rings (SSSR count). The summed E-state index contributed by atoms with van der Waals surface area (Å²) >= 11 is 1.10. The maximum absolute atomic E-state index is 13.3. The number of rotatable bonds is 7. The second-order valence-electron chi connectivity index (χ2n) is 8.10. The number of thiazole rings is 1. The van der Waals surface area contributed by atoms with Crippen molar-refractivity contribution in [2.24, 2.45) is 0 Å². The lowest BCUT2D eigenvalue weighted by atomic mass is 10.2. The molecule has 3 aromatic rings. The Balaban J connectivity index is 1.40. The molecule has 2 aliphatic rings. The van der Waals surface area contributed by atoms with Crippen molar-refractivity contribution >= 4 is 35.4 Å². The standard InChI is InChI=1S/C26H24N2O8S/c1-2-32-25(30)12-24-28(14-23(29)27-13-17-4-6-19-21(10-17)36-15-35-19)26(31)22(37-24)11-16-3-5-18-20(9-16)34-8-7-33-18/h3-6,9-12H,2,7-8,13-15H2,1H3,(H,27,29)/b22-11+,24-12-. The fraction of sp³-hybridized carbons (Fsp3) is 0.269. The summed E-state index contributed by atoms with van der Waals surface area (Å²) in [5, 5.41) is 2.80. The summed E-state index contributed by atoms with van der Waals surface area (Å²) in [6.07, 6.45) is 2.91. The molecule has 3 heterocycles. The van der Waals surface area contributed by atoms with Gasteiger partial charge in [0.1, 0.15) is 24.4 Å². The van der Waals surface area contributed by atoms with Crippen molar-refractivity contribution in [2.75, 3.05) is 26.6 Å². The molecule has 0 bridgehead atoms. The molecular weight excluding hydrogens is 500 g/mol. The van der Waals surface area contributed by atoms with E-state index in [1.165, 1.54) is 10.6 Å². The van der Waals surface area contributed by atoms with Gasteiger partial charge >= 0.3 is 5.97 Å². The number of amides is 1. The first-order chi connectivity index (χ1) is 18.0. The van der Waals surface area contributed by atoms with E-state index in [1.54, 1.807) is 37.3 Å². The lowest BCUT2D eigenvalue weighted by Crippen LogP contribution is -2.38. The van der Waals surface area contributed by atoms with E-state index in [1.807, 2.05) is 12.1 Å². The first-order valence-corrected chi connectivity index (χ1v) is 12.5. The molecule has 0 saturated heterocycles. The van der Waals surface area contributed by atoms with Gasteiger partial charge in [-0.25, -0.2) is 4.79 Å². The van der Waals surface area contributed by atoms with E-state index in [9.17, 15) is 14.4 Å². The lowest BCUT2D eigenvalue weighted by molar-refractivity contribution is -0.135. The van der Waals surface area contributed by atoms with Crippen LogP contribution in [-0.2, 0) is 27.4 Å². The molecule has 0 radical (unpaired) electrons.